The van der Waals surface area contributed by atoms with Crippen LogP contribution in [0.25, 0.3) is 11.2 Å². The van der Waals surface area contributed by atoms with Gasteiger partial charge in [-0.15, -0.1) is 0 Å². The van der Waals surface area contributed by atoms with Crippen molar-refractivity contribution in [1.82, 2.24) is 28.7 Å². The van der Waals surface area contributed by atoms with E-state index in [-0.39, 0.29) is 5.56 Å². The Morgan fingerprint density at radius 2 is 1.79 bits per heavy atom. The van der Waals surface area contributed by atoms with Crippen molar-refractivity contribution in [2.75, 3.05) is 17.2 Å². The summed E-state index contributed by atoms with van der Waals surface area (Å²) in [5.41, 5.74) is 11.2. The first-order chi connectivity index (χ1) is 11.4. The molecule has 0 saturated heterocycles. The van der Waals surface area contributed by atoms with E-state index in [2.05, 4.69) is 15.0 Å². The molecule has 3 aromatic rings. The van der Waals surface area contributed by atoms with Gasteiger partial charge in [-0.25, -0.2) is 19.7 Å². The summed E-state index contributed by atoms with van der Waals surface area (Å²) in [6.45, 7) is 0.493. The van der Waals surface area contributed by atoms with Gasteiger partial charge in [-0.05, 0) is 0 Å². The van der Waals surface area contributed by atoms with Crippen LogP contribution < -0.4 is 22.7 Å². The third-order valence-corrected chi connectivity index (χ3v) is 4.35. The number of hydrogen-bond donors (Lipinski definition) is 2. The van der Waals surface area contributed by atoms with Gasteiger partial charge in [0.2, 0.25) is 0 Å². The van der Waals surface area contributed by atoms with Crippen LogP contribution in [0.1, 0.15) is 0 Å². The van der Waals surface area contributed by atoms with Crippen molar-refractivity contribution in [3.05, 3.63) is 33.2 Å². The summed E-state index contributed by atoms with van der Waals surface area (Å²) in [7, 11) is 3.03. The number of anilines is 2. The average Bonchev–Trinajstić information content (AvgIpc) is 2.94. The normalized spacial score (nSPS) is 11.2. The van der Waals surface area contributed by atoms with E-state index in [4.69, 9.17) is 11.5 Å². The van der Waals surface area contributed by atoms with E-state index >= 15 is 0 Å². The summed E-state index contributed by atoms with van der Waals surface area (Å²) < 4.78 is 4.12. The first-order valence-corrected chi connectivity index (χ1v) is 8.00. The van der Waals surface area contributed by atoms with Gasteiger partial charge in [-0.3, -0.25) is 13.9 Å². The van der Waals surface area contributed by atoms with Crippen molar-refractivity contribution in [3.63, 3.8) is 0 Å². The number of nitrogens with zero attached hydrogens (tertiary/aromatic N) is 6. The summed E-state index contributed by atoms with van der Waals surface area (Å²) in [6, 6.07) is 1.48. The van der Waals surface area contributed by atoms with Crippen LogP contribution in [0.2, 0.25) is 0 Å². The Bertz CT molecular complexity index is 1010. The lowest BCUT2D eigenvalue weighted by Crippen LogP contribution is -2.37. The zero-order chi connectivity index (χ0) is 17.4. The molecule has 11 heteroatoms. The minimum Gasteiger partial charge on any atom is -0.383 e. The number of imidazole rings is 1. The summed E-state index contributed by atoms with van der Waals surface area (Å²) in [5.74, 6) is 1.20. The van der Waals surface area contributed by atoms with Crippen molar-refractivity contribution in [1.29, 1.82) is 0 Å². The second kappa shape index (κ2) is 6.00. The first-order valence-electron chi connectivity index (χ1n) is 7.02. The number of fused-ring (bicyclic) bond motifs is 1. The van der Waals surface area contributed by atoms with Crippen LogP contribution in [0.5, 0.6) is 0 Å². The van der Waals surface area contributed by atoms with Crippen LogP contribution in [0.3, 0.4) is 0 Å². The SMILES string of the molecule is Cn1c(=O)c2c(ncn2CCSc2nc(N)cc(N)n2)n(C)c1=O. The summed E-state index contributed by atoms with van der Waals surface area (Å²) >= 11 is 1.36. The van der Waals surface area contributed by atoms with Crippen LogP contribution >= 0.6 is 11.8 Å². The molecule has 0 amide bonds. The minimum atomic E-state index is -0.407. The topological polar surface area (TPSA) is 140 Å². The molecule has 10 nitrogen and oxygen atoms in total. The smallest absolute Gasteiger partial charge is 0.332 e. The molecule has 126 valence electrons. The van der Waals surface area contributed by atoms with Gasteiger partial charge >= 0.3 is 5.69 Å². The Balaban J connectivity index is 1.86. The highest BCUT2D eigenvalue weighted by Gasteiger charge is 2.14. The number of aromatic nitrogens is 6. The van der Waals surface area contributed by atoms with E-state index in [1.807, 2.05) is 0 Å². The monoisotopic (exact) mass is 348 g/mol. The van der Waals surface area contributed by atoms with Crippen molar-refractivity contribution < 1.29 is 0 Å². The first kappa shape index (κ1) is 16.1. The predicted octanol–water partition coefficient (Wildman–Crippen LogP) is -0.820. The fourth-order valence-corrected chi connectivity index (χ4v) is 3.14. The molecule has 0 bridgehead atoms. The predicted molar refractivity (Wildman–Crippen MR) is 91.8 cm³/mol. The fourth-order valence-electron chi connectivity index (χ4n) is 2.33. The van der Waals surface area contributed by atoms with Crippen molar-refractivity contribution in [2.45, 2.75) is 11.7 Å². The molecule has 0 atom stereocenters. The molecule has 0 fully saturated rings. The van der Waals surface area contributed by atoms with E-state index in [1.54, 1.807) is 17.9 Å². The van der Waals surface area contributed by atoms with Gasteiger partial charge in [-0.1, -0.05) is 11.8 Å². The van der Waals surface area contributed by atoms with Crippen molar-refractivity contribution >= 4 is 34.6 Å². The maximum atomic E-state index is 12.3. The molecule has 3 heterocycles. The van der Waals surface area contributed by atoms with Crippen LogP contribution in [-0.4, -0.2) is 34.4 Å². The number of aryl methyl sites for hydroxylation is 2. The van der Waals surface area contributed by atoms with Crippen molar-refractivity contribution in [3.8, 4) is 0 Å². The number of thioether (sulfide) groups is 1. The van der Waals surface area contributed by atoms with E-state index < -0.39 is 5.69 Å². The molecule has 0 aliphatic rings. The van der Waals surface area contributed by atoms with Crippen LogP contribution in [0, 0.1) is 0 Å². The Labute approximate surface area is 140 Å². The number of hydrogen-bond acceptors (Lipinski definition) is 8. The lowest BCUT2D eigenvalue weighted by Gasteiger charge is -2.06. The average molecular weight is 348 g/mol. The third-order valence-electron chi connectivity index (χ3n) is 3.53. The van der Waals surface area contributed by atoms with Gasteiger partial charge < -0.3 is 16.0 Å². The second-order valence-electron chi connectivity index (χ2n) is 5.16. The van der Waals surface area contributed by atoms with Crippen LogP contribution in [0.4, 0.5) is 11.6 Å². The van der Waals surface area contributed by atoms with Gasteiger partial charge in [0.25, 0.3) is 5.56 Å². The second-order valence-corrected chi connectivity index (χ2v) is 6.23. The number of rotatable bonds is 4. The Kier molecular flexibility index (Phi) is 4.01. The molecule has 4 N–H and O–H groups in total. The molecule has 0 radical (unpaired) electrons. The molecular weight excluding hydrogens is 332 g/mol. The molecular formula is C13H16N8O2S. The third kappa shape index (κ3) is 2.73. The standard InChI is InChI=1S/C13H16N8O2S/c1-19-10-9(11(22)20(2)13(19)23)21(6-16-10)3-4-24-12-17-7(14)5-8(15)18-12/h5-6H,3-4H2,1-2H3,(H4,14,15,17,18). The summed E-state index contributed by atoms with van der Waals surface area (Å²) in [6.07, 6.45) is 1.54. The highest BCUT2D eigenvalue weighted by Crippen LogP contribution is 2.17. The fraction of sp³-hybridized carbons (Fsp3) is 0.308. The van der Waals surface area contributed by atoms with Gasteiger partial charge in [0, 0.05) is 32.5 Å². The van der Waals surface area contributed by atoms with Crippen LogP contribution in [0.15, 0.2) is 27.1 Å². The molecule has 0 aliphatic heterocycles. The number of nitrogen functional groups attached to an aromatic ring is 2. The summed E-state index contributed by atoms with van der Waals surface area (Å²) in [4.78, 5) is 36.6. The van der Waals surface area contributed by atoms with Crippen molar-refractivity contribution in [2.24, 2.45) is 14.1 Å². The van der Waals surface area contributed by atoms with E-state index in [1.165, 1.54) is 29.4 Å². The van der Waals surface area contributed by atoms with E-state index in [0.717, 1.165) is 4.57 Å². The van der Waals surface area contributed by atoms with Gasteiger partial charge in [0.1, 0.15) is 11.6 Å². The quantitative estimate of drug-likeness (QED) is 0.460. The van der Waals surface area contributed by atoms with Gasteiger partial charge in [-0.2, -0.15) is 0 Å². The maximum absolute atomic E-state index is 12.3. The molecule has 0 unspecified atom stereocenters. The Morgan fingerprint density at radius 1 is 1.12 bits per heavy atom. The lowest BCUT2D eigenvalue weighted by atomic mass is 10.5. The highest BCUT2D eigenvalue weighted by atomic mass is 32.2. The van der Waals surface area contributed by atoms with E-state index in [9.17, 15) is 9.59 Å². The molecule has 0 spiro atoms. The Morgan fingerprint density at radius 3 is 2.46 bits per heavy atom. The van der Waals surface area contributed by atoms with Gasteiger partial charge in [0.15, 0.2) is 16.3 Å². The molecule has 0 saturated carbocycles. The Hall–Kier alpha value is -2.82. The summed E-state index contributed by atoms with van der Waals surface area (Å²) in [5, 5.41) is 0.470. The van der Waals surface area contributed by atoms with Gasteiger partial charge in [0.05, 0.1) is 6.33 Å². The molecule has 0 aliphatic carbocycles. The molecule has 0 aromatic carbocycles. The largest absolute Gasteiger partial charge is 0.383 e. The maximum Gasteiger partial charge on any atom is 0.332 e. The molecule has 24 heavy (non-hydrogen) atoms. The number of nitrogens with two attached hydrogens (primary N) is 2. The van der Waals surface area contributed by atoms with Crippen LogP contribution in [-0.2, 0) is 20.6 Å². The molecule has 3 aromatic heterocycles. The zero-order valence-corrected chi connectivity index (χ0v) is 13.9. The minimum absolute atomic E-state index is 0.307. The molecule has 3 rings (SSSR count). The lowest BCUT2D eigenvalue weighted by molar-refractivity contribution is 0.700. The zero-order valence-electron chi connectivity index (χ0n) is 13.1. The van der Waals surface area contributed by atoms with E-state index in [0.29, 0.717) is 40.3 Å². The highest BCUT2D eigenvalue weighted by molar-refractivity contribution is 7.99.